The van der Waals surface area contributed by atoms with Crippen molar-refractivity contribution in [3.8, 4) is 28.4 Å². The van der Waals surface area contributed by atoms with Crippen molar-refractivity contribution in [2.24, 2.45) is 5.73 Å². The Labute approximate surface area is 186 Å². The minimum atomic E-state index is -0.376. The molecule has 32 heavy (non-hydrogen) atoms. The molecule has 1 aromatic carbocycles. The van der Waals surface area contributed by atoms with Gasteiger partial charge in [0.05, 0.1) is 12.5 Å². The van der Waals surface area contributed by atoms with Crippen molar-refractivity contribution in [3.63, 3.8) is 0 Å². The minimum absolute atomic E-state index is 0. The molecule has 8 heteroatoms. The molecule has 1 amide bonds. The van der Waals surface area contributed by atoms with Crippen molar-refractivity contribution in [2.45, 2.75) is 26.3 Å². The van der Waals surface area contributed by atoms with Gasteiger partial charge in [-0.25, -0.2) is 9.97 Å². The van der Waals surface area contributed by atoms with Gasteiger partial charge in [0.25, 0.3) is 0 Å². The molecule has 0 saturated carbocycles. The normalized spacial score (nSPS) is 15.5. The molecule has 3 N–H and O–H groups in total. The predicted molar refractivity (Wildman–Crippen MR) is 125 cm³/mol. The number of H-pyrrole nitrogens is 1. The predicted octanol–water partition coefficient (Wildman–Crippen LogP) is 3.79. The lowest BCUT2D eigenvalue weighted by Crippen LogP contribution is -2.40. The van der Waals surface area contributed by atoms with E-state index in [4.69, 9.17) is 20.4 Å². The zero-order valence-electron chi connectivity index (χ0n) is 17.1. The summed E-state index contributed by atoms with van der Waals surface area (Å²) in [6.07, 6.45) is 5.03. The standard InChI is InChI=1S/C23H22N6O2.CH4/c1-31-16-5-2-4-15(12-16)18-13-17-22(26-18)27-21(14-7-9-25-10-8-14)28-23(17)29-11-3-6-19(29)20(24)30;/h2,4-5,7-10,12-13,19H,3,6,11H2,1H3,(H2,24,30)(H,26,27,28);1H4/t19-;/m1./s1. The lowest BCUT2D eigenvalue weighted by Gasteiger charge is -2.24. The number of anilines is 1. The highest BCUT2D eigenvalue weighted by molar-refractivity contribution is 5.95. The second kappa shape index (κ2) is 8.66. The lowest BCUT2D eigenvalue weighted by atomic mass is 10.1. The maximum absolute atomic E-state index is 12.1. The molecule has 1 atom stereocenters. The van der Waals surface area contributed by atoms with E-state index in [1.807, 2.05) is 47.4 Å². The number of benzene rings is 1. The fourth-order valence-corrected chi connectivity index (χ4v) is 4.10. The van der Waals surface area contributed by atoms with Crippen LogP contribution in [0, 0.1) is 0 Å². The fourth-order valence-electron chi connectivity index (χ4n) is 4.10. The highest BCUT2D eigenvalue weighted by Gasteiger charge is 2.32. The Morgan fingerprint density at radius 1 is 1.16 bits per heavy atom. The molecule has 3 aromatic heterocycles. The van der Waals surface area contributed by atoms with Crippen LogP contribution in [0.3, 0.4) is 0 Å². The summed E-state index contributed by atoms with van der Waals surface area (Å²) in [5.41, 5.74) is 9.11. The highest BCUT2D eigenvalue weighted by atomic mass is 16.5. The van der Waals surface area contributed by atoms with Crippen LogP contribution in [0.4, 0.5) is 5.82 Å². The molecule has 5 rings (SSSR count). The first-order valence-corrected chi connectivity index (χ1v) is 10.2. The Morgan fingerprint density at radius 3 is 2.72 bits per heavy atom. The Bertz CT molecular complexity index is 1250. The second-order valence-corrected chi connectivity index (χ2v) is 7.54. The summed E-state index contributed by atoms with van der Waals surface area (Å²) in [5, 5.41) is 0.851. The summed E-state index contributed by atoms with van der Waals surface area (Å²) in [4.78, 5) is 31.2. The summed E-state index contributed by atoms with van der Waals surface area (Å²) < 4.78 is 5.37. The van der Waals surface area contributed by atoms with Crippen molar-refractivity contribution in [1.29, 1.82) is 0 Å². The van der Waals surface area contributed by atoms with Gasteiger partial charge in [-0.1, -0.05) is 19.6 Å². The van der Waals surface area contributed by atoms with Crippen molar-refractivity contribution < 1.29 is 9.53 Å². The largest absolute Gasteiger partial charge is 0.497 e. The summed E-state index contributed by atoms with van der Waals surface area (Å²) in [7, 11) is 1.65. The van der Waals surface area contributed by atoms with Crippen molar-refractivity contribution in [2.75, 3.05) is 18.6 Å². The van der Waals surface area contributed by atoms with Crippen LogP contribution in [0.5, 0.6) is 5.75 Å². The van der Waals surface area contributed by atoms with E-state index in [1.165, 1.54) is 0 Å². The molecule has 0 radical (unpaired) electrons. The smallest absolute Gasteiger partial charge is 0.240 e. The minimum Gasteiger partial charge on any atom is -0.497 e. The van der Waals surface area contributed by atoms with Gasteiger partial charge >= 0.3 is 0 Å². The summed E-state index contributed by atoms with van der Waals surface area (Å²) in [6.45, 7) is 0.717. The molecule has 4 aromatic rings. The summed E-state index contributed by atoms with van der Waals surface area (Å²) in [6, 6.07) is 13.2. The zero-order chi connectivity index (χ0) is 21.4. The number of pyridine rings is 1. The van der Waals surface area contributed by atoms with E-state index in [9.17, 15) is 4.79 Å². The summed E-state index contributed by atoms with van der Waals surface area (Å²) in [5.74, 6) is 1.72. The number of fused-ring (bicyclic) bond motifs is 1. The fraction of sp³-hybridized carbons (Fsp3) is 0.250. The van der Waals surface area contributed by atoms with Gasteiger partial charge in [-0.2, -0.15) is 0 Å². The Balaban J connectivity index is 0.00000245. The third kappa shape index (κ3) is 3.75. The third-order valence-corrected chi connectivity index (χ3v) is 5.64. The second-order valence-electron chi connectivity index (χ2n) is 7.54. The number of primary amides is 1. The van der Waals surface area contributed by atoms with Gasteiger partial charge in [-0.3, -0.25) is 9.78 Å². The molecule has 0 bridgehead atoms. The van der Waals surface area contributed by atoms with Gasteiger partial charge in [0.15, 0.2) is 5.82 Å². The van der Waals surface area contributed by atoms with Crippen LogP contribution in [0.1, 0.15) is 20.3 Å². The number of hydrogen-bond acceptors (Lipinski definition) is 6. The van der Waals surface area contributed by atoms with Crippen LogP contribution in [0.25, 0.3) is 33.7 Å². The first kappa shape index (κ1) is 21.3. The summed E-state index contributed by atoms with van der Waals surface area (Å²) >= 11 is 0. The van der Waals surface area contributed by atoms with Crippen molar-refractivity contribution in [3.05, 3.63) is 54.9 Å². The van der Waals surface area contributed by atoms with E-state index < -0.39 is 0 Å². The number of nitrogens with zero attached hydrogens (tertiary/aromatic N) is 4. The monoisotopic (exact) mass is 430 g/mol. The van der Waals surface area contributed by atoms with Crippen LogP contribution < -0.4 is 15.4 Å². The Kier molecular flexibility index (Phi) is 5.77. The van der Waals surface area contributed by atoms with Crippen LogP contribution in [0.15, 0.2) is 54.9 Å². The molecule has 0 aliphatic carbocycles. The number of nitrogens with two attached hydrogens (primary N) is 1. The number of aromatic nitrogens is 4. The molecule has 1 fully saturated rings. The third-order valence-electron chi connectivity index (χ3n) is 5.64. The van der Waals surface area contributed by atoms with Crippen LogP contribution in [0.2, 0.25) is 0 Å². The molecular weight excluding hydrogens is 404 g/mol. The zero-order valence-corrected chi connectivity index (χ0v) is 17.1. The molecule has 0 spiro atoms. The van der Waals surface area contributed by atoms with Crippen LogP contribution in [-0.4, -0.2) is 45.5 Å². The van der Waals surface area contributed by atoms with Gasteiger partial charge in [0.2, 0.25) is 5.91 Å². The number of carbonyl (C=O) groups is 1. The first-order valence-electron chi connectivity index (χ1n) is 10.2. The molecule has 1 aliphatic rings. The SMILES string of the molecule is C.COc1cccc(-c2cc3c(N4CCC[C@@H]4C(N)=O)nc(-c4ccncc4)nc3[nH]2)c1. The quantitative estimate of drug-likeness (QED) is 0.498. The number of aromatic amines is 1. The van der Waals surface area contributed by atoms with E-state index in [0.717, 1.165) is 47.3 Å². The number of amides is 1. The maximum atomic E-state index is 12.1. The van der Waals surface area contributed by atoms with Crippen molar-refractivity contribution in [1.82, 2.24) is 19.9 Å². The van der Waals surface area contributed by atoms with Gasteiger partial charge in [-0.15, -0.1) is 0 Å². The maximum Gasteiger partial charge on any atom is 0.240 e. The molecule has 164 valence electrons. The van der Waals surface area contributed by atoms with Gasteiger partial charge in [-0.05, 0) is 43.2 Å². The number of hydrogen-bond donors (Lipinski definition) is 2. The average molecular weight is 431 g/mol. The lowest BCUT2D eigenvalue weighted by molar-refractivity contribution is -0.119. The number of methoxy groups -OCH3 is 1. The molecule has 0 unspecified atom stereocenters. The van der Waals surface area contributed by atoms with Crippen molar-refractivity contribution >= 4 is 22.8 Å². The average Bonchev–Trinajstić information content (AvgIpc) is 3.46. The molecule has 8 nitrogen and oxygen atoms in total. The van der Waals surface area contributed by atoms with Crippen LogP contribution >= 0.6 is 0 Å². The van der Waals surface area contributed by atoms with E-state index in [1.54, 1.807) is 19.5 Å². The topological polar surface area (TPSA) is 110 Å². The molecule has 4 heterocycles. The Morgan fingerprint density at radius 2 is 1.97 bits per heavy atom. The number of rotatable bonds is 5. The first-order chi connectivity index (χ1) is 15.1. The van der Waals surface area contributed by atoms with Gasteiger partial charge in [0, 0.05) is 35.8 Å². The molecule has 1 aliphatic heterocycles. The van der Waals surface area contributed by atoms with E-state index in [-0.39, 0.29) is 19.4 Å². The number of nitrogens with one attached hydrogen (secondary N) is 1. The van der Waals surface area contributed by atoms with E-state index in [2.05, 4.69) is 9.97 Å². The molecular formula is C24H26N6O2. The highest BCUT2D eigenvalue weighted by Crippen LogP contribution is 2.35. The van der Waals surface area contributed by atoms with Crippen LogP contribution in [-0.2, 0) is 4.79 Å². The van der Waals surface area contributed by atoms with E-state index >= 15 is 0 Å². The number of carbonyl (C=O) groups excluding carboxylic acids is 1. The molecule has 1 saturated heterocycles. The van der Waals surface area contributed by atoms with Gasteiger partial charge < -0.3 is 20.4 Å². The number of ether oxygens (including phenoxy) is 1. The Hall–Kier alpha value is -3.94. The van der Waals surface area contributed by atoms with Gasteiger partial charge in [0.1, 0.15) is 23.3 Å². The van der Waals surface area contributed by atoms with E-state index in [0.29, 0.717) is 17.3 Å².